The third kappa shape index (κ3) is 3.62. The number of benzene rings is 3. The number of rotatable bonds is 4. The monoisotopic (exact) mass is 353 g/mol. The molecule has 27 heavy (non-hydrogen) atoms. The van der Waals surface area contributed by atoms with Crippen molar-refractivity contribution in [2.24, 2.45) is 0 Å². The van der Waals surface area contributed by atoms with Crippen molar-refractivity contribution in [1.29, 1.82) is 0 Å². The van der Waals surface area contributed by atoms with E-state index in [4.69, 9.17) is 0 Å². The summed E-state index contributed by atoms with van der Waals surface area (Å²) in [5.74, 6) is 1.04. The predicted octanol–water partition coefficient (Wildman–Crippen LogP) is 2.55. The molecule has 0 amide bonds. The number of hydrogen-bond acceptors (Lipinski definition) is 5. The summed E-state index contributed by atoms with van der Waals surface area (Å²) in [6.45, 7) is 0. The van der Waals surface area contributed by atoms with Crippen molar-refractivity contribution in [3.63, 3.8) is 0 Å². The van der Waals surface area contributed by atoms with Crippen molar-refractivity contribution in [2.75, 3.05) is 0 Å². The summed E-state index contributed by atoms with van der Waals surface area (Å²) in [6.07, 6.45) is 1.47. The Hall–Kier alpha value is -3.35. The zero-order valence-corrected chi connectivity index (χ0v) is 14.4. The van der Waals surface area contributed by atoms with Crippen molar-refractivity contribution in [1.82, 2.24) is 15.0 Å². The van der Waals surface area contributed by atoms with E-state index in [2.05, 4.69) is 15.0 Å². The van der Waals surface area contributed by atoms with E-state index in [0.29, 0.717) is 22.7 Å². The van der Waals surface area contributed by atoms with Crippen molar-refractivity contribution in [3.8, 4) is 33.9 Å². The van der Waals surface area contributed by atoms with E-state index in [9.17, 15) is 10.0 Å². The molecule has 1 heterocycles. The molecule has 5 nitrogen and oxygen atoms in total. The second kappa shape index (κ2) is 7.49. The van der Waals surface area contributed by atoms with Crippen LogP contribution in [-0.2, 0) is 0 Å². The Morgan fingerprint density at radius 2 is 1.30 bits per heavy atom. The fourth-order valence-electron chi connectivity index (χ4n) is 2.95. The topological polar surface area (TPSA) is 79.1 Å². The first-order chi connectivity index (χ1) is 13.2. The van der Waals surface area contributed by atoms with Crippen molar-refractivity contribution in [3.05, 3.63) is 85.2 Å². The lowest BCUT2D eigenvalue weighted by atomic mass is 9.79. The Labute approximate surface area is 157 Å². The molecule has 130 valence electrons. The summed E-state index contributed by atoms with van der Waals surface area (Å²) in [4.78, 5) is 13.2. The zero-order valence-electron chi connectivity index (χ0n) is 14.4. The first-order valence-corrected chi connectivity index (χ1v) is 8.53. The van der Waals surface area contributed by atoms with Gasteiger partial charge in [-0.25, -0.2) is 15.0 Å². The smallest absolute Gasteiger partial charge is 0.423 e. The maximum absolute atomic E-state index is 9.39. The van der Waals surface area contributed by atoms with Crippen LogP contribution in [0.1, 0.15) is 0 Å². The Morgan fingerprint density at radius 3 is 2.07 bits per heavy atom. The van der Waals surface area contributed by atoms with Crippen molar-refractivity contribution in [2.45, 2.75) is 0 Å². The lowest BCUT2D eigenvalue weighted by Crippen LogP contribution is -2.29. The first kappa shape index (κ1) is 17.1. The van der Waals surface area contributed by atoms with Gasteiger partial charge in [0, 0.05) is 11.1 Å². The van der Waals surface area contributed by atoms with Crippen molar-refractivity contribution >= 4 is 12.6 Å². The molecule has 0 spiro atoms. The van der Waals surface area contributed by atoms with Gasteiger partial charge in [-0.1, -0.05) is 78.9 Å². The number of hydrogen-bond donors (Lipinski definition) is 2. The van der Waals surface area contributed by atoms with E-state index in [0.717, 1.165) is 16.7 Å². The van der Waals surface area contributed by atoms with Crippen LogP contribution >= 0.6 is 0 Å². The van der Waals surface area contributed by atoms with Crippen LogP contribution < -0.4 is 5.46 Å². The van der Waals surface area contributed by atoms with Gasteiger partial charge in [0.2, 0.25) is 0 Å². The maximum atomic E-state index is 9.39. The third-order valence-corrected chi connectivity index (χ3v) is 4.27. The van der Waals surface area contributed by atoms with E-state index in [1.807, 2.05) is 60.7 Å². The van der Waals surface area contributed by atoms with Gasteiger partial charge in [0.25, 0.3) is 0 Å². The molecule has 4 rings (SSSR count). The van der Waals surface area contributed by atoms with Crippen molar-refractivity contribution < 1.29 is 10.0 Å². The Kier molecular flexibility index (Phi) is 4.74. The summed E-state index contributed by atoms with van der Waals surface area (Å²) >= 11 is 0. The minimum Gasteiger partial charge on any atom is -0.423 e. The Morgan fingerprint density at radius 1 is 0.630 bits per heavy atom. The quantitative estimate of drug-likeness (QED) is 0.552. The highest BCUT2D eigenvalue weighted by Crippen LogP contribution is 2.30. The van der Waals surface area contributed by atoms with Gasteiger partial charge in [-0.3, -0.25) is 0 Å². The maximum Gasteiger partial charge on any atom is 0.488 e. The molecule has 4 aromatic rings. The van der Waals surface area contributed by atoms with Gasteiger partial charge in [0.15, 0.2) is 11.6 Å². The lowest BCUT2D eigenvalue weighted by Gasteiger charge is -2.10. The zero-order chi connectivity index (χ0) is 18.6. The van der Waals surface area contributed by atoms with E-state index in [-0.39, 0.29) is 0 Å². The summed E-state index contributed by atoms with van der Waals surface area (Å²) < 4.78 is 0. The van der Waals surface area contributed by atoms with E-state index in [1.54, 1.807) is 18.2 Å². The minimum atomic E-state index is -1.54. The minimum absolute atomic E-state index is 0.388. The SMILES string of the molecule is OB(O)c1cccc(-c2ncnc(-c3ccccc3-c3ccccc3)n2)c1. The predicted molar refractivity (Wildman–Crippen MR) is 106 cm³/mol. The van der Waals surface area contributed by atoms with E-state index >= 15 is 0 Å². The van der Waals surface area contributed by atoms with Gasteiger partial charge >= 0.3 is 7.12 Å². The molecule has 1 aromatic heterocycles. The molecule has 0 fully saturated rings. The van der Waals surface area contributed by atoms with Gasteiger partial charge < -0.3 is 10.0 Å². The van der Waals surface area contributed by atoms with Crippen LogP contribution in [0.15, 0.2) is 85.2 Å². The first-order valence-electron chi connectivity index (χ1n) is 8.53. The fraction of sp³-hybridized carbons (Fsp3) is 0. The molecule has 0 aliphatic carbocycles. The molecular weight excluding hydrogens is 337 g/mol. The molecule has 0 aliphatic rings. The molecule has 0 radical (unpaired) electrons. The Bertz CT molecular complexity index is 1070. The average molecular weight is 353 g/mol. The highest BCUT2D eigenvalue weighted by Gasteiger charge is 2.14. The van der Waals surface area contributed by atoms with Crippen LogP contribution in [0.3, 0.4) is 0 Å². The number of aromatic nitrogens is 3. The summed E-state index contributed by atoms with van der Waals surface area (Å²) in [5, 5.41) is 18.8. The molecule has 0 unspecified atom stereocenters. The molecule has 0 saturated carbocycles. The average Bonchev–Trinajstić information content (AvgIpc) is 2.74. The molecule has 0 atom stereocenters. The molecule has 0 aliphatic heterocycles. The van der Waals surface area contributed by atoms with Crippen LogP contribution in [0.4, 0.5) is 0 Å². The molecule has 3 aromatic carbocycles. The van der Waals surface area contributed by atoms with Crippen LogP contribution in [0.25, 0.3) is 33.9 Å². The van der Waals surface area contributed by atoms with Gasteiger partial charge in [-0.15, -0.1) is 0 Å². The van der Waals surface area contributed by atoms with E-state index in [1.165, 1.54) is 6.33 Å². The van der Waals surface area contributed by atoms with Crippen LogP contribution in [-0.4, -0.2) is 32.1 Å². The second-order valence-electron chi connectivity index (χ2n) is 6.04. The van der Waals surface area contributed by atoms with E-state index < -0.39 is 7.12 Å². The highest BCUT2D eigenvalue weighted by atomic mass is 16.4. The molecule has 0 bridgehead atoms. The van der Waals surface area contributed by atoms with Crippen LogP contribution in [0.5, 0.6) is 0 Å². The second-order valence-corrected chi connectivity index (χ2v) is 6.04. The fourth-order valence-corrected chi connectivity index (χ4v) is 2.95. The molecule has 2 N–H and O–H groups in total. The summed E-state index contributed by atoms with van der Waals surface area (Å²) in [6, 6.07) is 24.9. The van der Waals surface area contributed by atoms with Gasteiger partial charge in [-0.05, 0) is 16.6 Å². The van der Waals surface area contributed by atoms with Gasteiger partial charge in [0.1, 0.15) is 6.33 Å². The van der Waals surface area contributed by atoms with Gasteiger partial charge in [0.05, 0.1) is 0 Å². The molecule has 0 saturated heterocycles. The summed E-state index contributed by atoms with van der Waals surface area (Å²) in [7, 11) is -1.54. The highest BCUT2D eigenvalue weighted by molar-refractivity contribution is 6.58. The third-order valence-electron chi connectivity index (χ3n) is 4.27. The number of nitrogens with zero attached hydrogens (tertiary/aromatic N) is 3. The lowest BCUT2D eigenvalue weighted by molar-refractivity contribution is 0.426. The largest absolute Gasteiger partial charge is 0.488 e. The van der Waals surface area contributed by atoms with Crippen LogP contribution in [0.2, 0.25) is 0 Å². The Balaban J connectivity index is 1.80. The standard InChI is InChI=1S/C21H16BN3O2/c26-22(27)17-10-6-9-16(13-17)20-23-14-24-21(25-20)19-12-5-4-11-18(19)15-7-2-1-3-8-15/h1-14,26-27H. The van der Waals surface area contributed by atoms with Gasteiger partial charge in [-0.2, -0.15) is 0 Å². The summed E-state index contributed by atoms with van der Waals surface area (Å²) in [5.41, 5.74) is 4.11. The normalized spacial score (nSPS) is 10.6. The molecular formula is C21H16BN3O2. The van der Waals surface area contributed by atoms with Crippen LogP contribution in [0, 0.1) is 0 Å². The molecule has 6 heteroatoms.